The van der Waals surface area contributed by atoms with Gasteiger partial charge in [-0.15, -0.1) is 0 Å². The third-order valence-corrected chi connectivity index (χ3v) is 5.98. The van der Waals surface area contributed by atoms with Gasteiger partial charge in [-0.2, -0.15) is 0 Å². The molecule has 0 saturated carbocycles. The van der Waals surface area contributed by atoms with Crippen LogP contribution in [0.1, 0.15) is 36.6 Å². The normalized spacial score (nSPS) is 11.3. The zero-order chi connectivity index (χ0) is 26.2. The number of phenolic OH excluding ortho intramolecular Hbond substituents is 1. The minimum absolute atomic E-state index is 0.0311. The maximum atomic E-state index is 12.7. The van der Waals surface area contributed by atoms with Crippen LogP contribution in [0, 0.1) is 3.57 Å². The molecule has 36 heavy (non-hydrogen) atoms. The molecule has 3 aromatic rings. The molecule has 0 aliphatic rings. The Balaban J connectivity index is 1.61. The molecular weight excluding hydrogens is 601 g/mol. The highest BCUT2D eigenvalue weighted by atomic mass is 127. The van der Waals surface area contributed by atoms with E-state index in [9.17, 15) is 29.4 Å². The van der Waals surface area contributed by atoms with Crippen LogP contribution >= 0.6 is 34.2 Å². The number of carbonyl (C=O) groups is 4. The standard InChI is InChI=1S/C25H21ClIN3O6/c26-20-11-16(23(33)28-12-14-3-1-6-18(31)9-14)7-8-19(20)24(34)30-21(25(35)36)13-29-22(32)15-4-2-5-17(27)10-15/h1-11,21,31H,12-13H2,(H,28,33)(H,29,32)(H,30,34)(H,35,36)/t21-/m0/s1. The Morgan fingerprint density at radius 3 is 2.22 bits per heavy atom. The number of nitrogens with one attached hydrogen (secondary N) is 3. The van der Waals surface area contributed by atoms with Crippen LogP contribution < -0.4 is 16.0 Å². The predicted molar refractivity (Wildman–Crippen MR) is 141 cm³/mol. The van der Waals surface area contributed by atoms with Gasteiger partial charge < -0.3 is 26.2 Å². The van der Waals surface area contributed by atoms with Crippen molar-refractivity contribution in [2.45, 2.75) is 12.6 Å². The molecule has 3 rings (SSSR count). The van der Waals surface area contributed by atoms with Crippen molar-refractivity contribution in [2.24, 2.45) is 0 Å². The average Bonchev–Trinajstić information content (AvgIpc) is 2.84. The van der Waals surface area contributed by atoms with E-state index in [0.29, 0.717) is 11.1 Å². The van der Waals surface area contributed by atoms with Crippen molar-refractivity contribution in [3.8, 4) is 5.75 Å². The number of hydrogen-bond acceptors (Lipinski definition) is 5. The van der Waals surface area contributed by atoms with Gasteiger partial charge in [0.25, 0.3) is 17.7 Å². The molecule has 0 bridgehead atoms. The third-order valence-electron chi connectivity index (χ3n) is 5.00. The lowest BCUT2D eigenvalue weighted by Gasteiger charge is -2.16. The number of halogens is 2. The van der Waals surface area contributed by atoms with Crippen LogP contribution in [0.2, 0.25) is 5.02 Å². The van der Waals surface area contributed by atoms with Crippen LogP contribution in [-0.4, -0.2) is 46.5 Å². The van der Waals surface area contributed by atoms with E-state index >= 15 is 0 Å². The lowest BCUT2D eigenvalue weighted by atomic mass is 10.1. The predicted octanol–water partition coefficient (Wildman–Crippen LogP) is 3.19. The summed E-state index contributed by atoms with van der Waals surface area (Å²) in [5.41, 5.74) is 1.21. The molecule has 3 aromatic carbocycles. The summed E-state index contributed by atoms with van der Waals surface area (Å²) in [5, 5.41) is 26.4. The molecule has 5 N–H and O–H groups in total. The van der Waals surface area contributed by atoms with Crippen molar-refractivity contribution in [1.29, 1.82) is 0 Å². The maximum Gasteiger partial charge on any atom is 0.328 e. The highest BCUT2D eigenvalue weighted by Gasteiger charge is 2.23. The Bertz CT molecular complexity index is 1320. The van der Waals surface area contributed by atoms with E-state index in [1.54, 1.807) is 30.3 Å². The molecule has 0 saturated heterocycles. The quantitative estimate of drug-likeness (QED) is 0.232. The van der Waals surface area contributed by atoms with E-state index in [-0.39, 0.29) is 35.0 Å². The maximum absolute atomic E-state index is 12.7. The molecule has 1 atom stereocenters. The Labute approximate surface area is 225 Å². The largest absolute Gasteiger partial charge is 0.508 e. The molecule has 0 spiro atoms. The van der Waals surface area contributed by atoms with E-state index in [2.05, 4.69) is 38.5 Å². The highest BCUT2D eigenvalue weighted by Crippen LogP contribution is 2.19. The second-order valence-corrected chi connectivity index (χ2v) is 9.28. The van der Waals surface area contributed by atoms with E-state index < -0.39 is 29.7 Å². The number of carboxylic acid groups (broad SMARTS) is 1. The molecule has 0 unspecified atom stereocenters. The topological polar surface area (TPSA) is 145 Å². The molecule has 0 radical (unpaired) electrons. The fourth-order valence-electron chi connectivity index (χ4n) is 3.15. The van der Waals surface area contributed by atoms with E-state index in [1.165, 1.54) is 30.3 Å². The van der Waals surface area contributed by atoms with Crippen LogP contribution in [0.15, 0.2) is 66.7 Å². The molecule has 0 aliphatic heterocycles. The number of phenols is 1. The molecule has 0 heterocycles. The molecule has 3 amide bonds. The lowest BCUT2D eigenvalue weighted by molar-refractivity contribution is -0.139. The van der Waals surface area contributed by atoms with Crippen molar-refractivity contribution in [3.05, 3.63) is 97.6 Å². The zero-order valence-electron chi connectivity index (χ0n) is 18.6. The Morgan fingerprint density at radius 1 is 0.861 bits per heavy atom. The van der Waals surface area contributed by atoms with Gasteiger partial charge >= 0.3 is 5.97 Å². The van der Waals surface area contributed by atoms with Crippen molar-refractivity contribution >= 4 is 57.9 Å². The smallest absolute Gasteiger partial charge is 0.328 e. The van der Waals surface area contributed by atoms with Gasteiger partial charge in [0, 0.05) is 27.8 Å². The molecular formula is C25H21ClIN3O6. The summed E-state index contributed by atoms with van der Waals surface area (Å²) >= 11 is 8.25. The first kappa shape index (κ1) is 27.0. The second-order valence-electron chi connectivity index (χ2n) is 7.63. The van der Waals surface area contributed by atoms with Gasteiger partial charge in [0.1, 0.15) is 11.8 Å². The summed E-state index contributed by atoms with van der Waals surface area (Å²) in [5.74, 6) is -2.97. The fraction of sp³-hybridized carbons (Fsp3) is 0.120. The van der Waals surface area contributed by atoms with Crippen molar-refractivity contribution in [3.63, 3.8) is 0 Å². The Kier molecular flexibility index (Phi) is 9.25. The number of hydrogen-bond donors (Lipinski definition) is 5. The SMILES string of the molecule is O=C(NCc1cccc(O)c1)c1ccc(C(=O)N[C@@H](CNC(=O)c2cccc(I)c2)C(=O)O)c(Cl)c1. The molecule has 0 aliphatic carbocycles. The summed E-state index contributed by atoms with van der Waals surface area (Å²) in [6.07, 6.45) is 0. The van der Waals surface area contributed by atoms with E-state index in [1.807, 2.05) is 6.07 Å². The summed E-state index contributed by atoms with van der Waals surface area (Å²) in [6.45, 7) is -0.181. The number of benzene rings is 3. The Morgan fingerprint density at radius 2 is 1.56 bits per heavy atom. The molecule has 186 valence electrons. The first-order chi connectivity index (χ1) is 17.1. The van der Waals surface area contributed by atoms with Crippen LogP contribution in [0.5, 0.6) is 5.75 Å². The molecule has 0 aromatic heterocycles. The van der Waals surface area contributed by atoms with Crippen LogP contribution in [-0.2, 0) is 11.3 Å². The van der Waals surface area contributed by atoms with Crippen molar-refractivity contribution in [2.75, 3.05) is 6.54 Å². The first-order valence-electron chi connectivity index (χ1n) is 10.6. The number of aliphatic carboxylic acids is 1. The van der Waals surface area contributed by atoms with Gasteiger partial charge in [0.2, 0.25) is 0 Å². The Hall–Kier alpha value is -3.64. The van der Waals surface area contributed by atoms with Gasteiger partial charge in [0.05, 0.1) is 10.6 Å². The van der Waals surface area contributed by atoms with Crippen molar-refractivity contribution in [1.82, 2.24) is 16.0 Å². The number of rotatable bonds is 9. The average molecular weight is 622 g/mol. The summed E-state index contributed by atoms with van der Waals surface area (Å²) in [6, 6.07) is 15.7. The van der Waals surface area contributed by atoms with Crippen molar-refractivity contribution < 1.29 is 29.4 Å². The summed E-state index contributed by atoms with van der Waals surface area (Å²) in [4.78, 5) is 49.0. The van der Waals surface area contributed by atoms with Crippen LogP contribution in [0.4, 0.5) is 0 Å². The monoisotopic (exact) mass is 621 g/mol. The minimum Gasteiger partial charge on any atom is -0.508 e. The highest BCUT2D eigenvalue weighted by molar-refractivity contribution is 14.1. The number of carboxylic acids is 1. The number of carbonyl (C=O) groups excluding carboxylic acids is 3. The third kappa shape index (κ3) is 7.43. The lowest BCUT2D eigenvalue weighted by Crippen LogP contribution is -2.48. The van der Waals surface area contributed by atoms with Gasteiger partial charge in [0.15, 0.2) is 0 Å². The second kappa shape index (κ2) is 12.4. The van der Waals surface area contributed by atoms with Gasteiger partial charge in [-0.25, -0.2) is 4.79 Å². The first-order valence-corrected chi connectivity index (χ1v) is 12.0. The van der Waals surface area contributed by atoms with E-state index in [4.69, 9.17) is 11.6 Å². The summed E-state index contributed by atoms with van der Waals surface area (Å²) in [7, 11) is 0. The zero-order valence-corrected chi connectivity index (χ0v) is 21.5. The van der Waals surface area contributed by atoms with Crippen LogP contribution in [0.25, 0.3) is 0 Å². The fourth-order valence-corrected chi connectivity index (χ4v) is 3.96. The van der Waals surface area contributed by atoms with E-state index in [0.717, 1.165) is 3.57 Å². The van der Waals surface area contributed by atoms with Gasteiger partial charge in [-0.05, 0) is 76.7 Å². The molecule has 11 heteroatoms. The molecule has 9 nitrogen and oxygen atoms in total. The molecule has 0 fully saturated rings. The number of aromatic hydroxyl groups is 1. The van der Waals surface area contributed by atoms with Crippen LogP contribution in [0.3, 0.4) is 0 Å². The summed E-state index contributed by atoms with van der Waals surface area (Å²) < 4.78 is 0.842. The minimum atomic E-state index is -1.41. The number of amides is 3. The van der Waals surface area contributed by atoms with Gasteiger partial charge in [-0.3, -0.25) is 14.4 Å². The van der Waals surface area contributed by atoms with Gasteiger partial charge in [-0.1, -0.05) is 29.8 Å².